The Labute approximate surface area is 184 Å². The Morgan fingerprint density at radius 1 is 1.27 bits per heavy atom. The summed E-state index contributed by atoms with van der Waals surface area (Å²) in [4.78, 5) is 37.1. The second kappa shape index (κ2) is 9.27. The topological polar surface area (TPSA) is 56.8 Å². The standard InChI is InChI=1S/C23H34N4O2S/c1-18(2)16-27-22(29)26(11-4-6-19-5-3-10-24-15-19)21(28)23(27)8-12-25(13-9-23)20-7-14-30-17-20/h3,5,10,15,18,20H,4,6-9,11-14,16-17H2,1-2H3. The van der Waals surface area contributed by atoms with Gasteiger partial charge in [0, 0.05) is 50.4 Å². The van der Waals surface area contributed by atoms with E-state index in [1.165, 1.54) is 17.9 Å². The number of rotatable bonds is 7. The predicted molar refractivity (Wildman–Crippen MR) is 120 cm³/mol. The fraction of sp³-hybridized carbons (Fsp3) is 0.696. The first-order chi connectivity index (χ1) is 14.5. The molecule has 0 N–H and O–H groups in total. The molecule has 4 rings (SSSR count). The normalized spacial score (nSPS) is 24.6. The molecule has 0 aliphatic carbocycles. The summed E-state index contributed by atoms with van der Waals surface area (Å²) in [5.41, 5.74) is 0.519. The molecule has 0 radical (unpaired) electrons. The zero-order chi connectivity index (χ0) is 21.1. The fourth-order valence-corrected chi connectivity index (χ4v) is 6.39. The number of urea groups is 1. The monoisotopic (exact) mass is 430 g/mol. The minimum absolute atomic E-state index is 0.0415. The summed E-state index contributed by atoms with van der Waals surface area (Å²) in [7, 11) is 0. The van der Waals surface area contributed by atoms with E-state index in [0.717, 1.165) is 44.3 Å². The summed E-state index contributed by atoms with van der Waals surface area (Å²) in [6, 6.07) is 4.54. The summed E-state index contributed by atoms with van der Waals surface area (Å²) in [5.74, 6) is 2.84. The summed E-state index contributed by atoms with van der Waals surface area (Å²) in [5, 5.41) is 0. The second-order valence-electron chi connectivity index (χ2n) is 9.29. The van der Waals surface area contributed by atoms with Crippen LogP contribution in [0.3, 0.4) is 0 Å². The molecule has 4 heterocycles. The molecule has 164 valence electrons. The highest BCUT2D eigenvalue weighted by atomic mass is 32.2. The molecule has 6 nitrogen and oxygen atoms in total. The van der Waals surface area contributed by atoms with E-state index in [-0.39, 0.29) is 11.9 Å². The number of likely N-dealkylation sites (tertiary alicyclic amines) is 1. The average Bonchev–Trinajstić information content (AvgIpc) is 3.34. The predicted octanol–water partition coefficient (Wildman–Crippen LogP) is 3.27. The maximum Gasteiger partial charge on any atom is 0.327 e. The lowest BCUT2D eigenvalue weighted by molar-refractivity contribution is -0.136. The van der Waals surface area contributed by atoms with Crippen molar-refractivity contribution in [1.29, 1.82) is 0 Å². The molecule has 0 aromatic carbocycles. The molecule has 3 amide bonds. The Bertz CT molecular complexity index is 743. The highest BCUT2D eigenvalue weighted by molar-refractivity contribution is 7.99. The zero-order valence-corrected chi connectivity index (χ0v) is 19.1. The Hall–Kier alpha value is -1.60. The average molecular weight is 431 g/mol. The third-order valence-electron chi connectivity index (χ3n) is 6.79. The maximum atomic E-state index is 13.6. The van der Waals surface area contributed by atoms with Crippen LogP contribution in [0.25, 0.3) is 0 Å². The molecule has 7 heteroatoms. The fourth-order valence-electron chi connectivity index (χ4n) is 5.14. The molecule has 1 atom stereocenters. The van der Waals surface area contributed by atoms with E-state index in [4.69, 9.17) is 0 Å². The molecule has 1 aromatic heterocycles. The van der Waals surface area contributed by atoms with E-state index >= 15 is 0 Å². The number of hydrogen-bond acceptors (Lipinski definition) is 5. The number of carbonyl (C=O) groups excluding carboxylic acids is 2. The number of thioether (sulfide) groups is 1. The van der Waals surface area contributed by atoms with Crippen molar-refractivity contribution in [2.24, 2.45) is 5.92 Å². The van der Waals surface area contributed by atoms with Crippen molar-refractivity contribution in [3.05, 3.63) is 30.1 Å². The van der Waals surface area contributed by atoms with E-state index in [2.05, 4.69) is 23.7 Å². The smallest absolute Gasteiger partial charge is 0.309 e. The van der Waals surface area contributed by atoms with E-state index in [1.807, 2.05) is 35.0 Å². The number of nitrogens with zero attached hydrogens (tertiary/aromatic N) is 4. The first-order valence-electron chi connectivity index (χ1n) is 11.4. The minimum Gasteiger partial charge on any atom is -0.309 e. The number of amides is 3. The molecular weight excluding hydrogens is 396 g/mol. The van der Waals surface area contributed by atoms with Crippen molar-refractivity contribution in [3.63, 3.8) is 0 Å². The van der Waals surface area contributed by atoms with Gasteiger partial charge in [0.15, 0.2) is 0 Å². The lowest BCUT2D eigenvalue weighted by Gasteiger charge is -2.44. The van der Waals surface area contributed by atoms with Crippen molar-refractivity contribution >= 4 is 23.7 Å². The summed E-state index contributed by atoms with van der Waals surface area (Å²) in [6.07, 6.45) is 8.02. The quantitative estimate of drug-likeness (QED) is 0.622. The van der Waals surface area contributed by atoms with Gasteiger partial charge < -0.3 is 4.90 Å². The minimum atomic E-state index is -0.627. The van der Waals surface area contributed by atoms with E-state index < -0.39 is 5.54 Å². The van der Waals surface area contributed by atoms with Crippen molar-refractivity contribution in [2.75, 3.05) is 37.7 Å². The summed E-state index contributed by atoms with van der Waals surface area (Å²) >= 11 is 2.03. The van der Waals surface area contributed by atoms with Gasteiger partial charge in [-0.25, -0.2) is 4.79 Å². The van der Waals surface area contributed by atoms with Crippen LogP contribution in [-0.4, -0.2) is 80.9 Å². The first kappa shape index (κ1) is 21.6. The van der Waals surface area contributed by atoms with Crippen LogP contribution in [0.2, 0.25) is 0 Å². The molecular formula is C23H34N4O2S. The largest absolute Gasteiger partial charge is 0.327 e. The van der Waals surface area contributed by atoms with Crippen LogP contribution in [0, 0.1) is 5.92 Å². The maximum absolute atomic E-state index is 13.6. The van der Waals surface area contributed by atoms with Gasteiger partial charge in [-0.15, -0.1) is 0 Å². The van der Waals surface area contributed by atoms with Gasteiger partial charge in [0.05, 0.1) is 0 Å². The van der Waals surface area contributed by atoms with Gasteiger partial charge in [0.25, 0.3) is 5.91 Å². The van der Waals surface area contributed by atoms with Crippen LogP contribution in [0.4, 0.5) is 4.79 Å². The number of pyridine rings is 1. The van der Waals surface area contributed by atoms with E-state index in [0.29, 0.717) is 25.0 Å². The van der Waals surface area contributed by atoms with Crippen molar-refractivity contribution < 1.29 is 9.59 Å². The zero-order valence-electron chi connectivity index (χ0n) is 18.3. The molecule has 0 bridgehead atoms. The lowest BCUT2D eigenvalue weighted by Crippen LogP contribution is -2.58. The third-order valence-corrected chi connectivity index (χ3v) is 7.93. The van der Waals surface area contributed by atoms with Gasteiger partial charge in [0.2, 0.25) is 0 Å². The van der Waals surface area contributed by atoms with Crippen LogP contribution in [0.5, 0.6) is 0 Å². The molecule has 30 heavy (non-hydrogen) atoms. The number of imide groups is 1. The van der Waals surface area contributed by atoms with Gasteiger partial charge in [0.1, 0.15) is 5.54 Å². The molecule has 3 saturated heterocycles. The molecule has 3 fully saturated rings. The number of carbonyl (C=O) groups is 2. The van der Waals surface area contributed by atoms with Gasteiger partial charge in [-0.2, -0.15) is 11.8 Å². The van der Waals surface area contributed by atoms with Crippen molar-refractivity contribution in [2.45, 2.75) is 57.5 Å². The Balaban J connectivity index is 1.44. The summed E-state index contributed by atoms with van der Waals surface area (Å²) in [6.45, 7) is 7.24. The highest BCUT2D eigenvalue weighted by Gasteiger charge is 2.57. The number of aromatic nitrogens is 1. The van der Waals surface area contributed by atoms with E-state index in [1.54, 1.807) is 11.1 Å². The van der Waals surface area contributed by atoms with E-state index in [9.17, 15) is 9.59 Å². The second-order valence-corrected chi connectivity index (χ2v) is 10.4. The molecule has 3 aliphatic rings. The first-order valence-corrected chi connectivity index (χ1v) is 12.5. The number of piperidine rings is 1. The van der Waals surface area contributed by atoms with Gasteiger partial charge in [-0.05, 0) is 55.4 Å². The SMILES string of the molecule is CC(C)CN1C(=O)N(CCCc2cccnc2)C(=O)C12CCN(C1CCSC1)CC2. The number of hydrogen-bond donors (Lipinski definition) is 0. The van der Waals surface area contributed by atoms with Crippen molar-refractivity contribution in [1.82, 2.24) is 19.7 Å². The van der Waals surface area contributed by atoms with Crippen LogP contribution in [0.15, 0.2) is 24.5 Å². The van der Waals surface area contributed by atoms with Crippen molar-refractivity contribution in [3.8, 4) is 0 Å². The molecule has 0 saturated carbocycles. The van der Waals surface area contributed by atoms with Crippen LogP contribution in [0.1, 0.15) is 45.1 Å². The molecule has 3 aliphatic heterocycles. The van der Waals surface area contributed by atoms with Crippen LogP contribution < -0.4 is 0 Å². The third kappa shape index (κ3) is 4.24. The molecule has 1 aromatic rings. The van der Waals surface area contributed by atoms with Crippen LogP contribution in [-0.2, 0) is 11.2 Å². The Kier molecular flexibility index (Phi) is 6.68. The highest BCUT2D eigenvalue weighted by Crippen LogP contribution is 2.39. The lowest BCUT2D eigenvalue weighted by atomic mass is 9.84. The molecule has 1 spiro atoms. The van der Waals surface area contributed by atoms with Crippen LogP contribution >= 0.6 is 11.8 Å². The molecule has 1 unspecified atom stereocenters. The Morgan fingerprint density at radius 3 is 2.70 bits per heavy atom. The van der Waals surface area contributed by atoms with Gasteiger partial charge in [-0.3, -0.25) is 19.6 Å². The van der Waals surface area contributed by atoms with Gasteiger partial charge in [-0.1, -0.05) is 19.9 Å². The summed E-state index contributed by atoms with van der Waals surface area (Å²) < 4.78 is 0. The number of aryl methyl sites for hydroxylation is 1. The Morgan fingerprint density at radius 2 is 2.07 bits per heavy atom. The van der Waals surface area contributed by atoms with Gasteiger partial charge >= 0.3 is 6.03 Å².